The molecule has 2 aromatic carbocycles. The highest BCUT2D eigenvalue weighted by atomic mass is 16.4. The van der Waals surface area contributed by atoms with Crippen LogP contribution in [0, 0.1) is 0 Å². The molecule has 0 aliphatic heterocycles. The molecule has 0 fully saturated rings. The highest BCUT2D eigenvalue weighted by molar-refractivity contribution is 5.68. The molecule has 1 atom stereocenters. The summed E-state index contributed by atoms with van der Waals surface area (Å²) in [6.45, 7) is 4.09. The van der Waals surface area contributed by atoms with Crippen LogP contribution in [0.25, 0.3) is 11.1 Å². The Labute approximate surface area is 120 Å². The Hall–Kier alpha value is -2.09. The van der Waals surface area contributed by atoms with Gasteiger partial charge in [0.05, 0.1) is 6.42 Å². The second-order valence-corrected chi connectivity index (χ2v) is 5.17. The predicted molar refractivity (Wildman–Crippen MR) is 81.9 cm³/mol. The van der Waals surface area contributed by atoms with Crippen molar-refractivity contribution in [3.8, 4) is 11.1 Å². The van der Waals surface area contributed by atoms with E-state index in [1.165, 1.54) is 16.7 Å². The van der Waals surface area contributed by atoms with Crippen molar-refractivity contribution in [2.45, 2.75) is 32.6 Å². The molecule has 0 saturated heterocycles. The summed E-state index contributed by atoms with van der Waals surface area (Å²) < 4.78 is 0. The normalized spacial score (nSPS) is 12.1. The number of aliphatic carboxylic acids is 1. The Morgan fingerprint density at radius 2 is 1.50 bits per heavy atom. The first kappa shape index (κ1) is 14.3. The highest BCUT2D eigenvalue weighted by Gasteiger charge is 2.10. The zero-order valence-electron chi connectivity index (χ0n) is 12.0. The van der Waals surface area contributed by atoms with Crippen LogP contribution < -0.4 is 0 Å². The maximum Gasteiger partial charge on any atom is 0.303 e. The molecule has 0 aliphatic rings. The number of carbonyl (C=O) groups is 1. The third-order valence-electron chi connectivity index (χ3n) is 3.66. The fraction of sp³-hybridized carbons (Fsp3) is 0.278. The molecule has 1 unspecified atom stereocenters. The first-order valence-corrected chi connectivity index (χ1v) is 7.01. The molecular formula is C18H20O2. The quantitative estimate of drug-likeness (QED) is 0.867. The van der Waals surface area contributed by atoms with Crippen LogP contribution in [0.1, 0.15) is 37.3 Å². The second kappa shape index (κ2) is 6.38. The van der Waals surface area contributed by atoms with Gasteiger partial charge in [-0.1, -0.05) is 62.4 Å². The van der Waals surface area contributed by atoms with Crippen LogP contribution >= 0.6 is 0 Å². The molecule has 2 heteroatoms. The van der Waals surface area contributed by atoms with Crippen molar-refractivity contribution < 1.29 is 9.90 Å². The Bertz CT molecular complexity index is 567. The van der Waals surface area contributed by atoms with E-state index in [4.69, 9.17) is 5.11 Å². The van der Waals surface area contributed by atoms with Gasteiger partial charge in [-0.2, -0.15) is 0 Å². The van der Waals surface area contributed by atoms with Gasteiger partial charge >= 0.3 is 5.97 Å². The Morgan fingerprint density at radius 3 is 1.95 bits per heavy atom. The highest BCUT2D eigenvalue weighted by Crippen LogP contribution is 2.24. The van der Waals surface area contributed by atoms with Crippen LogP contribution in [0.3, 0.4) is 0 Å². The lowest BCUT2D eigenvalue weighted by atomic mass is 9.95. The summed E-state index contributed by atoms with van der Waals surface area (Å²) in [4.78, 5) is 10.7. The summed E-state index contributed by atoms with van der Waals surface area (Å²) in [5.74, 6) is -0.708. The van der Waals surface area contributed by atoms with E-state index in [-0.39, 0.29) is 12.3 Å². The largest absolute Gasteiger partial charge is 0.481 e. The third-order valence-corrected chi connectivity index (χ3v) is 3.66. The second-order valence-electron chi connectivity index (χ2n) is 5.17. The van der Waals surface area contributed by atoms with E-state index in [2.05, 4.69) is 43.3 Å². The van der Waals surface area contributed by atoms with Crippen molar-refractivity contribution in [2.75, 3.05) is 0 Å². The van der Waals surface area contributed by atoms with Gasteiger partial charge in [0, 0.05) is 0 Å². The van der Waals surface area contributed by atoms with E-state index in [1.54, 1.807) is 0 Å². The number of carboxylic acid groups (broad SMARTS) is 1. The smallest absolute Gasteiger partial charge is 0.303 e. The molecule has 20 heavy (non-hydrogen) atoms. The zero-order valence-corrected chi connectivity index (χ0v) is 12.0. The number of rotatable bonds is 5. The summed E-state index contributed by atoms with van der Waals surface area (Å²) in [5, 5.41) is 8.83. The van der Waals surface area contributed by atoms with Crippen molar-refractivity contribution >= 4 is 5.97 Å². The predicted octanol–water partition coefficient (Wildman–Crippen LogP) is 4.49. The molecule has 0 bridgehead atoms. The van der Waals surface area contributed by atoms with Crippen molar-refractivity contribution in [3.63, 3.8) is 0 Å². The van der Waals surface area contributed by atoms with Crippen LogP contribution in [0.15, 0.2) is 48.5 Å². The van der Waals surface area contributed by atoms with Gasteiger partial charge in [-0.25, -0.2) is 0 Å². The number of carboxylic acids is 1. The van der Waals surface area contributed by atoms with Crippen LogP contribution in [-0.2, 0) is 11.2 Å². The van der Waals surface area contributed by atoms with Crippen LogP contribution in [-0.4, -0.2) is 11.1 Å². The minimum absolute atomic E-state index is 0.0454. The van der Waals surface area contributed by atoms with E-state index in [0.29, 0.717) is 0 Å². The fourth-order valence-electron chi connectivity index (χ4n) is 2.32. The molecule has 1 N–H and O–H groups in total. The van der Waals surface area contributed by atoms with Crippen LogP contribution in [0.4, 0.5) is 0 Å². The molecule has 2 aromatic rings. The first-order chi connectivity index (χ1) is 9.60. The van der Waals surface area contributed by atoms with E-state index in [9.17, 15) is 4.79 Å². The Morgan fingerprint density at radius 1 is 1.00 bits per heavy atom. The standard InChI is InChI=1S/C18H20O2/c1-3-14-4-6-16(7-5-14)17-10-8-15(9-11-17)13(2)12-18(19)20/h4-11,13H,3,12H2,1-2H3,(H,19,20). The molecule has 0 heterocycles. The van der Waals surface area contributed by atoms with Gasteiger partial charge in [0.15, 0.2) is 0 Å². The lowest BCUT2D eigenvalue weighted by Gasteiger charge is -2.10. The molecule has 0 saturated carbocycles. The lowest BCUT2D eigenvalue weighted by Crippen LogP contribution is -2.02. The van der Waals surface area contributed by atoms with Crippen molar-refractivity contribution in [2.24, 2.45) is 0 Å². The summed E-state index contributed by atoms with van der Waals surface area (Å²) in [6, 6.07) is 16.7. The summed E-state index contributed by atoms with van der Waals surface area (Å²) in [5.41, 5.74) is 4.76. The number of hydrogen-bond acceptors (Lipinski definition) is 1. The van der Waals surface area contributed by atoms with Gasteiger partial charge in [0.2, 0.25) is 0 Å². The van der Waals surface area contributed by atoms with E-state index >= 15 is 0 Å². The van der Waals surface area contributed by atoms with Gasteiger partial charge in [-0.05, 0) is 34.6 Å². The topological polar surface area (TPSA) is 37.3 Å². The fourth-order valence-corrected chi connectivity index (χ4v) is 2.32. The van der Waals surface area contributed by atoms with Crippen molar-refractivity contribution in [1.29, 1.82) is 0 Å². The number of hydrogen-bond donors (Lipinski definition) is 1. The maximum atomic E-state index is 10.7. The SMILES string of the molecule is CCc1ccc(-c2ccc(C(C)CC(=O)O)cc2)cc1. The molecule has 0 aromatic heterocycles. The monoisotopic (exact) mass is 268 g/mol. The Kier molecular flexibility index (Phi) is 4.57. The minimum Gasteiger partial charge on any atom is -0.481 e. The van der Waals surface area contributed by atoms with E-state index in [1.807, 2.05) is 19.1 Å². The average molecular weight is 268 g/mol. The molecule has 104 valence electrons. The van der Waals surface area contributed by atoms with E-state index < -0.39 is 5.97 Å². The number of benzene rings is 2. The molecular weight excluding hydrogens is 248 g/mol. The average Bonchev–Trinajstić information content (AvgIpc) is 2.47. The summed E-state index contributed by atoms with van der Waals surface area (Å²) >= 11 is 0. The van der Waals surface area contributed by atoms with Gasteiger partial charge in [0.1, 0.15) is 0 Å². The van der Waals surface area contributed by atoms with Crippen molar-refractivity contribution in [3.05, 3.63) is 59.7 Å². The molecule has 0 aliphatic carbocycles. The van der Waals surface area contributed by atoms with Gasteiger partial charge in [-0.15, -0.1) is 0 Å². The Balaban J connectivity index is 2.16. The van der Waals surface area contributed by atoms with E-state index in [0.717, 1.165) is 12.0 Å². The van der Waals surface area contributed by atoms with Gasteiger partial charge in [-0.3, -0.25) is 4.79 Å². The molecule has 2 rings (SSSR count). The first-order valence-electron chi connectivity index (χ1n) is 7.01. The molecule has 0 radical (unpaired) electrons. The molecule has 0 spiro atoms. The third kappa shape index (κ3) is 3.47. The summed E-state index contributed by atoms with van der Waals surface area (Å²) in [7, 11) is 0. The van der Waals surface area contributed by atoms with Crippen molar-refractivity contribution in [1.82, 2.24) is 0 Å². The zero-order chi connectivity index (χ0) is 14.5. The maximum absolute atomic E-state index is 10.7. The van der Waals surface area contributed by atoms with Gasteiger partial charge < -0.3 is 5.11 Å². The number of aryl methyl sites for hydroxylation is 1. The molecule has 0 amide bonds. The minimum atomic E-state index is -0.753. The van der Waals surface area contributed by atoms with Crippen LogP contribution in [0.2, 0.25) is 0 Å². The summed E-state index contributed by atoms with van der Waals surface area (Å²) in [6.07, 6.45) is 1.22. The lowest BCUT2D eigenvalue weighted by molar-refractivity contribution is -0.137. The van der Waals surface area contributed by atoms with Gasteiger partial charge in [0.25, 0.3) is 0 Å². The van der Waals surface area contributed by atoms with Crippen LogP contribution in [0.5, 0.6) is 0 Å². The molecule has 2 nitrogen and oxygen atoms in total.